The highest BCUT2D eigenvalue weighted by Crippen LogP contribution is 2.03. The van der Waals surface area contributed by atoms with E-state index in [4.69, 9.17) is 5.73 Å². The second kappa shape index (κ2) is 3.62. The molecule has 0 fully saturated rings. The van der Waals surface area contributed by atoms with Crippen LogP contribution in [0.4, 0.5) is 0 Å². The van der Waals surface area contributed by atoms with E-state index >= 15 is 0 Å². The molecule has 2 N–H and O–H groups in total. The van der Waals surface area contributed by atoms with Gasteiger partial charge in [0.15, 0.2) is 5.78 Å². The van der Waals surface area contributed by atoms with Gasteiger partial charge in [-0.2, -0.15) is 0 Å². The van der Waals surface area contributed by atoms with Crippen molar-refractivity contribution in [1.29, 1.82) is 0 Å². The Morgan fingerprint density at radius 2 is 2.00 bits per heavy atom. The standard InChI is InChI=1S/C7H15NO/c1-4-5(2)7(9)6(3)8/h5-6H,4,8H2,1-3H3. The zero-order valence-electron chi connectivity index (χ0n) is 6.35. The minimum Gasteiger partial charge on any atom is -0.322 e. The number of Topliss-reactive ketones (excluding diaryl/α,β-unsaturated/α-hetero) is 1. The smallest absolute Gasteiger partial charge is 0.152 e. The molecule has 0 aliphatic carbocycles. The fourth-order valence-electron chi connectivity index (χ4n) is 0.650. The molecule has 0 amide bonds. The van der Waals surface area contributed by atoms with Gasteiger partial charge in [-0.05, 0) is 13.3 Å². The van der Waals surface area contributed by atoms with Crippen molar-refractivity contribution in [2.75, 3.05) is 0 Å². The summed E-state index contributed by atoms with van der Waals surface area (Å²) in [5.74, 6) is 0.294. The summed E-state index contributed by atoms with van der Waals surface area (Å²) in [5.41, 5.74) is 5.36. The largest absolute Gasteiger partial charge is 0.322 e. The summed E-state index contributed by atoms with van der Waals surface area (Å²) in [6.45, 7) is 5.63. The number of ketones is 1. The molecule has 2 unspecified atom stereocenters. The van der Waals surface area contributed by atoms with Crippen LogP contribution in [-0.4, -0.2) is 11.8 Å². The molecule has 0 saturated carbocycles. The van der Waals surface area contributed by atoms with E-state index in [1.54, 1.807) is 6.92 Å². The van der Waals surface area contributed by atoms with Gasteiger partial charge in [0.2, 0.25) is 0 Å². The summed E-state index contributed by atoms with van der Waals surface area (Å²) < 4.78 is 0. The Morgan fingerprint density at radius 3 is 2.11 bits per heavy atom. The van der Waals surface area contributed by atoms with Crippen LogP contribution in [-0.2, 0) is 4.79 Å². The lowest BCUT2D eigenvalue weighted by atomic mass is 9.99. The van der Waals surface area contributed by atoms with E-state index in [-0.39, 0.29) is 17.7 Å². The quantitative estimate of drug-likeness (QED) is 0.616. The van der Waals surface area contributed by atoms with Crippen molar-refractivity contribution < 1.29 is 4.79 Å². The van der Waals surface area contributed by atoms with Gasteiger partial charge in [-0.3, -0.25) is 4.79 Å². The van der Waals surface area contributed by atoms with Crippen LogP contribution >= 0.6 is 0 Å². The Hall–Kier alpha value is -0.370. The zero-order valence-corrected chi connectivity index (χ0v) is 6.35. The van der Waals surface area contributed by atoms with Crippen LogP contribution in [0.1, 0.15) is 27.2 Å². The van der Waals surface area contributed by atoms with Crippen LogP contribution in [0.2, 0.25) is 0 Å². The molecule has 0 aliphatic rings. The van der Waals surface area contributed by atoms with Crippen molar-refractivity contribution in [3.8, 4) is 0 Å². The molecule has 2 heteroatoms. The SMILES string of the molecule is CCC(C)C(=O)C(C)N. The van der Waals surface area contributed by atoms with Crippen molar-refractivity contribution in [1.82, 2.24) is 0 Å². The highest BCUT2D eigenvalue weighted by molar-refractivity contribution is 5.85. The van der Waals surface area contributed by atoms with Gasteiger partial charge in [-0.15, -0.1) is 0 Å². The van der Waals surface area contributed by atoms with Gasteiger partial charge in [0, 0.05) is 5.92 Å². The topological polar surface area (TPSA) is 43.1 Å². The second-order valence-corrected chi connectivity index (χ2v) is 2.50. The Bertz CT molecular complexity index is 99.1. The van der Waals surface area contributed by atoms with Crippen LogP contribution in [0.5, 0.6) is 0 Å². The van der Waals surface area contributed by atoms with Gasteiger partial charge in [0.1, 0.15) is 0 Å². The van der Waals surface area contributed by atoms with E-state index in [2.05, 4.69) is 0 Å². The summed E-state index contributed by atoms with van der Waals surface area (Å²) in [4.78, 5) is 10.9. The van der Waals surface area contributed by atoms with Crippen molar-refractivity contribution in [2.45, 2.75) is 33.2 Å². The highest BCUT2D eigenvalue weighted by atomic mass is 16.1. The van der Waals surface area contributed by atoms with Crippen LogP contribution in [0.25, 0.3) is 0 Å². The molecule has 0 saturated heterocycles. The van der Waals surface area contributed by atoms with Gasteiger partial charge < -0.3 is 5.73 Å². The predicted molar refractivity (Wildman–Crippen MR) is 38.1 cm³/mol. The lowest BCUT2D eigenvalue weighted by molar-refractivity contribution is -0.123. The van der Waals surface area contributed by atoms with E-state index in [1.807, 2.05) is 13.8 Å². The van der Waals surface area contributed by atoms with Gasteiger partial charge >= 0.3 is 0 Å². The Kier molecular flexibility index (Phi) is 3.47. The molecular formula is C7H15NO. The average Bonchev–Trinajstić information content (AvgIpc) is 1.84. The van der Waals surface area contributed by atoms with Crippen LogP contribution < -0.4 is 5.73 Å². The molecular weight excluding hydrogens is 114 g/mol. The van der Waals surface area contributed by atoms with Crippen LogP contribution in [0.15, 0.2) is 0 Å². The molecule has 0 rings (SSSR count). The Morgan fingerprint density at radius 1 is 1.56 bits per heavy atom. The third-order valence-corrected chi connectivity index (χ3v) is 1.55. The third-order valence-electron chi connectivity index (χ3n) is 1.55. The van der Waals surface area contributed by atoms with E-state index in [1.165, 1.54) is 0 Å². The molecule has 0 aromatic rings. The zero-order chi connectivity index (χ0) is 7.44. The van der Waals surface area contributed by atoms with Crippen molar-refractivity contribution in [3.63, 3.8) is 0 Å². The van der Waals surface area contributed by atoms with E-state index in [9.17, 15) is 4.79 Å². The number of nitrogens with two attached hydrogens (primary N) is 1. The summed E-state index contributed by atoms with van der Waals surface area (Å²) in [5, 5.41) is 0. The first kappa shape index (κ1) is 8.63. The minimum atomic E-state index is -0.292. The summed E-state index contributed by atoms with van der Waals surface area (Å²) in [6, 6.07) is -0.292. The first-order valence-corrected chi connectivity index (χ1v) is 3.38. The summed E-state index contributed by atoms with van der Waals surface area (Å²) >= 11 is 0. The lowest BCUT2D eigenvalue weighted by Gasteiger charge is -2.08. The normalized spacial score (nSPS) is 16.9. The molecule has 0 aliphatic heterocycles. The fourth-order valence-corrected chi connectivity index (χ4v) is 0.650. The van der Waals surface area contributed by atoms with E-state index < -0.39 is 0 Å². The molecule has 0 radical (unpaired) electrons. The first-order valence-electron chi connectivity index (χ1n) is 3.38. The van der Waals surface area contributed by atoms with Gasteiger partial charge in [0.25, 0.3) is 0 Å². The Balaban J connectivity index is 3.73. The molecule has 0 aromatic carbocycles. The number of carbonyl (C=O) groups is 1. The van der Waals surface area contributed by atoms with Gasteiger partial charge in [-0.1, -0.05) is 13.8 Å². The van der Waals surface area contributed by atoms with E-state index in [0.29, 0.717) is 0 Å². The predicted octanol–water partition coefficient (Wildman–Crippen LogP) is 0.949. The van der Waals surface area contributed by atoms with Crippen molar-refractivity contribution in [2.24, 2.45) is 11.7 Å². The number of carbonyl (C=O) groups excluding carboxylic acids is 1. The maximum absolute atomic E-state index is 10.9. The summed E-state index contributed by atoms with van der Waals surface area (Å²) in [7, 11) is 0. The second-order valence-electron chi connectivity index (χ2n) is 2.50. The van der Waals surface area contributed by atoms with Crippen LogP contribution in [0, 0.1) is 5.92 Å². The molecule has 0 spiro atoms. The van der Waals surface area contributed by atoms with Crippen molar-refractivity contribution >= 4 is 5.78 Å². The van der Waals surface area contributed by atoms with Crippen LogP contribution in [0.3, 0.4) is 0 Å². The molecule has 0 heterocycles. The summed E-state index contributed by atoms with van der Waals surface area (Å²) in [6.07, 6.45) is 0.889. The third kappa shape index (κ3) is 2.61. The van der Waals surface area contributed by atoms with Gasteiger partial charge in [-0.25, -0.2) is 0 Å². The molecule has 0 aromatic heterocycles. The molecule has 2 atom stereocenters. The van der Waals surface area contributed by atoms with Crippen molar-refractivity contribution in [3.05, 3.63) is 0 Å². The monoisotopic (exact) mass is 129 g/mol. The van der Waals surface area contributed by atoms with Gasteiger partial charge in [0.05, 0.1) is 6.04 Å². The number of rotatable bonds is 3. The fraction of sp³-hybridized carbons (Fsp3) is 0.857. The number of hydrogen-bond acceptors (Lipinski definition) is 2. The van der Waals surface area contributed by atoms with E-state index in [0.717, 1.165) is 6.42 Å². The molecule has 2 nitrogen and oxygen atoms in total. The molecule has 54 valence electrons. The maximum Gasteiger partial charge on any atom is 0.152 e. The lowest BCUT2D eigenvalue weighted by Crippen LogP contribution is -2.31. The minimum absolute atomic E-state index is 0.130. The highest BCUT2D eigenvalue weighted by Gasteiger charge is 2.13. The number of hydrogen-bond donors (Lipinski definition) is 1. The molecule has 9 heavy (non-hydrogen) atoms. The Labute approximate surface area is 56.4 Å². The molecule has 0 bridgehead atoms. The average molecular weight is 129 g/mol. The maximum atomic E-state index is 10.9. The first-order chi connectivity index (χ1) is 4.09.